The average Bonchev–Trinajstić information content (AvgIpc) is 2.41. The second kappa shape index (κ2) is 7.68. The van der Waals surface area contributed by atoms with Gasteiger partial charge >= 0.3 is 5.97 Å². The Morgan fingerprint density at radius 3 is 2.30 bits per heavy atom. The summed E-state index contributed by atoms with van der Waals surface area (Å²) in [7, 11) is 0. The standard InChI is InChI=1S/C16H17NO2.ClH/c1-12-4-2-3-5-15(12)11-17-10-13-6-8-14(9-7-13)16(18)19;/h2-9,17H,10-11H2,1H3,(H,18,19);1H/p-1. The Bertz CT molecular complexity index is 567. The molecule has 0 saturated heterocycles. The van der Waals surface area contributed by atoms with Gasteiger partial charge in [0.25, 0.3) is 0 Å². The van der Waals surface area contributed by atoms with Crippen molar-refractivity contribution in [2.75, 3.05) is 0 Å². The largest absolute Gasteiger partial charge is 1.00 e. The zero-order valence-electron chi connectivity index (χ0n) is 11.3. The molecule has 2 rings (SSSR count). The Hall–Kier alpha value is -1.84. The number of aromatic carboxylic acids is 1. The molecule has 0 amide bonds. The van der Waals surface area contributed by atoms with Crippen LogP contribution in [0.2, 0.25) is 0 Å². The summed E-state index contributed by atoms with van der Waals surface area (Å²) < 4.78 is 0. The number of halogens is 1. The van der Waals surface area contributed by atoms with E-state index in [1.165, 1.54) is 11.1 Å². The van der Waals surface area contributed by atoms with Gasteiger partial charge in [0.1, 0.15) is 0 Å². The van der Waals surface area contributed by atoms with E-state index < -0.39 is 5.97 Å². The van der Waals surface area contributed by atoms with E-state index in [0.717, 1.165) is 18.7 Å². The second-order valence-corrected chi connectivity index (χ2v) is 4.53. The summed E-state index contributed by atoms with van der Waals surface area (Å²) in [5.41, 5.74) is 3.96. The van der Waals surface area contributed by atoms with Crippen molar-refractivity contribution in [1.82, 2.24) is 5.32 Å². The number of hydrogen-bond acceptors (Lipinski definition) is 2. The third-order valence-electron chi connectivity index (χ3n) is 3.11. The van der Waals surface area contributed by atoms with Crippen LogP contribution < -0.4 is 17.7 Å². The molecule has 0 spiro atoms. The van der Waals surface area contributed by atoms with Gasteiger partial charge < -0.3 is 22.8 Å². The summed E-state index contributed by atoms with van der Waals surface area (Å²) in [6, 6.07) is 15.2. The van der Waals surface area contributed by atoms with Gasteiger partial charge in [0.2, 0.25) is 0 Å². The first-order valence-electron chi connectivity index (χ1n) is 6.24. The van der Waals surface area contributed by atoms with Crippen molar-refractivity contribution in [1.29, 1.82) is 0 Å². The molecule has 106 valence electrons. The molecule has 20 heavy (non-hydrogen) atoms. The highest BCUT2D eigenvalue weighted by Gasteiger charge is 2.01. The minimum absolute atomic E-state index is 0. The molecule has 0 bridgehead atoms. The van der Waals surface area contributed by atoms with E-state index in [0.29, 0.717) is 5.56 Å². The number of hydrogen-bond donors (Lipinski definition) is 2. The molecule has 0 fully saturated rings. The van der Waals surface area contributed by atoms with E-state index in [4.69, 9.17) is 5.11 Å². The van der Waals surface area contributed by atoms with E-state index >= 15 is 0 Å². The Morgan fingerprint density at radius 2 is 1.70 bits per heavy atom. The molecule has 0 saturated carbocycles. The average molecular weight is 291 g/mol. The highest BCUT2D eigenvalue weighted by molar-refractivity contribution is 5.87. The number of aryl methyl sites for hydroxylation is 1. The predicted octanol–water partition coefficient (Wildman–Crippen LogP) is -0.0130. The zero-order valence-corrected chi connectivity index (χ0v) is 12.0. The second-order valence-electron chi connectivity index (χ2n) is 4.53. The Kier molecular flexibility index (Phi) is 6.22. The molecule has 4 heteroatoms. The quantitative estimate of drug-likeness (QED) is 0.814. The van der Waals surface area contributed by atoms with Crippen molar-refractivity contribution in [2.45, 2.75) is 20.0 Å². The lowest BCUT2D eigenvalue weighted by atomic mass is 10.1. The molecule has 0 unspecified atom stereocenters. The molecule has 0 atom stereocenters. The minimum Gasteiger partial charge on any atom is -1.00 e. The third-order valence-corrected chi connectivity index (χ3v) is 3.11. The van der Waals surface area contributed by atoms with Crippen molar-refractivity contribution >= 4 is 5.97 Å². The number of carbonyl (C=O) groups is 1. The topological polar surface area (TPSA) is 49.3 Å². The first-order chi connectivity index (χ1) is 9.16. The summed E-state index contributed by atoms with van der Waals surface area (Å²) in [5.74, 6) is -0.889. The molecule has 3 nitrogen and oxygen atoms in total. The van der Waals surface area contributed by atoms with Crippen molar-refractivity contribution in [3.63, 3.8) is 0 Å². The molecule has 0 heterocycles. The van der Waals surface area contributed by atoms with Crippen LogP contribution in [0.25, 0.3) is 0 Å². The van der Waals surface area contributed by atoms with Gasteiger partial charge in [-0.25, -0.2) is 4.79 Å². The first kappa shape index (κ1) is 16.2. The van der Waals surface area contributed by atoms with Gasteiger partial charge in [0.05, 0.1) is 5.56 Å². The van der Waals surface area contributed by atoms with Crippen LogP contribution in [0, 0.1) is 6.92 Å². The molecule has 0 aromatic heterocycles. The summed E-state index contributed by atoms with van der Waals surface area (Å²) in [4.78, 5) is 10.7. The number of rotatable bonds is 5. The molecule has 0 aliphatic carbocycles. The van der Waals surface area contributed by atoms with Gasteiger partial charge in [-0.1, -0.05) is 36.4 Å². The highest BCUT2D eigenvalue weighted by atomic mass is 35.5. The fourth-order valence-electron chi connectivity index (χ4n) is 1.92. The normalized spacial score (nSPS) is 9.85. The van der Waals surface area contributed by atoms with Gasteiger partial charge in [-0.3, -0.25) is 0 Å². The van der Waals surface area contributed by atoms with Gasteiger partial charge in [-0.05, 0) is 35.7 Å². The Balaban J connectivity index is 0.00000200. The summed E-state index contributed by atoms with van der Waals surface area (Å²) in [5, 5.41) is 12.2. The van der Waals surface area contributed by atoms with E-state index in [1.807, 2.05) is 24.3 Å². The van der Waals surface area contributed by atoms with Gasteiger partial charge in [-0.2, -0.15) is 0 Å². The third kappa shape index (κ3) is 4.37. The van der Waals surface area contributed by atoms with Crippen LogP contribution >= 0.6 is 0 Å². The fraction of sp³-hybridized carbons (Fsp3) is 0.188. The predicted molar refractivity (Wildman–Crippen MR) is 75.1 cm³/mol. The maximum Gasteiger partial charge on any atom is 0.335 e. The van der Waals surface area contributed by atoms with Gasteiger partial charge in [0, 0.05) is 13.1 Å². The number of nitrogens with one attached hydrogen (secondary N) is 1. The lowest BCUT2D eigenvalue weighted by Gasteiger charge is -2.08. The monoisotopic (exact) mass is 290 g/mol. The molecular formula is C16H17ClNO2-. The number of carboxylic acids is 1. The minimum atomic E-state index is -0.889. The van der Waals surface area contributed by atoms with Crippen LogP contribution in [0.5, 0.6) is 0 Å². The van der Waals surface area contributed by atoms with Crippen LogP contribution in [0.4, 0.5) is 0 Å². The lowest BCUT2D eigenvalue weighted by Crippen LogP contribution is -3.00. The van der Waals surface area contributed by atoms with E-state index in [9.17, 15) is 4.79 Å². The van der Waals surface area contributed by atoms with Gasteiger partial charge in [-0.15, -0.1) is 0 Å². The summed E-state index contributed by atoms with van der Waals surface area (Å²) in [6.07, 6.45) is 0. The molecule has 0 aliphatic heterocycles. The van der Waals surface area contributed by atoms with Crippen LogP contribution in [0.1, 0.15) is 27.0 Å². The SMILES string of the molecule is Cc1ccccc1CNCc1ccc(C(=O)O)cc1.[Cl-]. The van der Waals surface area contributed by atoms with Crippen LogP contribution in [0.15, 0.2) is 48.5 Å². The molecular weight excluding hydrogens is 274 g/mol. The lowest BCUT2D eigenvalue weighted by molar-refractivity contribution is -0.0000195. The van der Waals surface area contributed by atoms with Gasteiger partial charge in [0.15, 0.2) is 0 Å². The van der Waals surface area contributed by atoms with Crippen molar-refractivity contribution in [2.24, 2.45) is 0 Å². The molecule has 2 N–H and O–H groups in total. The summed E-state index contributed by atoms with van der Waals surface area (Å²) >= 11 is 0. The molecule has 2 aromatic rings. The molecule has 0 aliphatic rings. The van der Waals surface area contributed by atoms with Crippen molar-refractivity contribution < 1.29 is 22.3 Å². The molecule has 2 aromatic carbocycles. The first-order valence-corrected chi connectivity index (χ1v) is 6.24. The van der Waals surface area contributed by atoms with Crippen LogP contribution in [0.3, 0.4) is 0 Å². The maximum atomic E-state index is 10.7. The van der Waals surface area contributed by atoms with E-state index in [2.05, 4.69) is 24.4 Å². The van der Waals surface area contributed by atoms with Crippen molar-refractivity contribution in [3.8, 4) is 0 Å². The fourth-order valence-corrected chi connectivity index (χ4v) is 1.92. The zero-order chi connectivity index (χ0) is 13.7. The summed E-state index contributed by atoms with van der Waals surface area (Å²) in [6.45, 7) is 3.64. The number of carboxylic acid groups (broad SMARTS) is 1. The van der Waals surface area contributed by atoms with E-state index in [-0.39, 0.29) is 12.4 Å². The molecule has 0 radical (unpaired) electrons. The Morgan fingerprint density at radius 1 is 1.05 bits per heavy atom. The number of benzene rings is 2. The van der Waals surface area contributed by atoms with Crippen LogP contribution in [-0.4, -0.2) is 11.1 Å². The maximum absolute atomic E-state index is 10.7. The Labute approximate surface area is 125 Å². The van der Waals surface area contributed by atoms with E-state index in [1.54, 1.807) is 12.1 Å². The van der Waals surface area contributed by atoms with Crippen LogP contribution in [-0.2, 0) is 13.1 Å². The van der Waals surface area contributed by atoms with Crippen molar-refractivity contribution in [3.05, 3.63) is 70.8 Å². The smallest absolute Gasteiger partial charge is 0.335 e. The highest BCUT2D eigenvalue weighted by Crippen LogP contribution is 2.08.